The number of rotatable bonds is 8. The molecule has 1 fully saturated rings. The highest BCUT2D eigenvalue weighted by Crippen LogP contribution is 2.33. The van der Waals surface area contributed by atoms with Gasteiger partial charge in [0.1, 0.15) is 12.4 Å². The number of nitrogens with zero attached hydrogens (tertiary/aromatic N) is 2. The minimum Gasteiger partial charge on any atom is -0.489 e. The second-order valence-corrected chi connectivity index (χ2v) is 9.40. The number of hydrogen-bond donors (Lipinski definition) is 1. The molecule has 5 nitrogen and oxygen atoms in total. The van der Waals surface area contributed by atoms with Crippen LogP contribution in [0.15, 0.2) is 59.9 Å². The number of halogens is 1. The molecule has 0 aliphatic heterocycles. The van der Waals surface area contributed by atoms with Gasteiger partial charge in [0.2, 0.25) is 0 Å². The van der Waals surface area contributed by atoms with E-state index >= 15 is 0 Å². The van der Waals surface area contributed by atoms with Crippen LogP contribution in [0.2, 0.25) is 5.02 Å². The Labute approximate surface area is 195 Å². The van der Waals surface area contributed by atoms with Gasteiger partial charge in [-0.3, -0.25) is 9.78 Å². The number of thioether (sulfide) groups is 1. The Bertz CT molecular complexity index is 1280. The van der Waals surface area contributed by atoms with E-state index in [9.17, 15) is 4.79 Å². The molecule has 1 aliphatic carbocycles. The number of pyridine rings is 1. The summed E-state index contributed by atoms with van der Waals surface area (Å²) >= 11 is 7.54. The van der Waals surface area contributed by atoms with Gasteiger partial charge in [0.25, 0.3) is 0 Å². The van der Waals surface area contributed by atoms with Crippen LogP contribution in [0.3, 0.4) is 0 Å². The zero-order valence-electron chi connectivity index (χ0n) is 17.6. The fourth-order valence-electron chi connectivity index (χ4n) is 3.52. The third-order valence-electron chi connectivity index (χ3n) is 5.61. The van der Waals surface area contributed by atoms with Gasteiger partial charge in [-0.1, -0.05) is 35.5 Å². The maximum atomic E-state index is 12.3. The average molecular weight is 464 g/mol. The maximum absolute atomic E-state index is 12.3. The summed E-state index contributed by atoms with van der Waals surface area (Å²) in [5.74, 6) is 1.93. The van der Waals surface area contributed by atoms with E-state index < -0.39 is 0 Å². The molecule has 0 saturated heterocycles. The normalized spacial score (nSPS) is 13.4. The molecule has 0 spiro atoms. The third kappa shape index (κ3) is 4.66. The van der Waals surface area contributed by atoms with Gasteiger partial charge in [0.05, 0.1) is 16.7 Å². The van der Waals surface area contributed by atoms with Gasteiger partial charge in [-0.2, -0.15) is 0 Å². The van der Waals surface area contributed by atoms with Crippen molar-refractivity contribution >= 4 is 40.2 Å². The summed E-state index contributed by atoms with van der Waals surface area (Å²) < 4.78 is 6.02. The van der Waals surface area contributed by atoms with E-state index in [4.69, 9.17) is 16.3 Å². The van der Waals surface area contributed by atoms with E-state index in [1.54, 1.807) is 18.0 Å². The lowest BCUT2D eigenvalue weighted by atomic mass is 10.1. The summed E-state index contributed by atoms with van der Waals surface area (Å²) in [4.78, 5) is 24.9. The molecule has 5 rings (SSSR count). The molecule has 0 amide bonds. The maximum Gasteiger partial charge on any atom is 0.166 e. The predicted octanol–water partition coefficient (Wildman–Crippen LogP) is 6.38. The molecular formula is C25H22ClN3O2S. The first kappa shape index (κ1) is 21.0. The topological polar surface area (TPSA) is 67.9 Å². The standard InChI is InChI=1S/C25H22ClN3O2S/c1-15-22(27-11-10-23(15)31-13-16-2-7-19(26)8-3-16)14-32-25-28-20-9-6-18(12-21(20)29-25)24(30)17-4-5-17/h2-3,6-12,17H,4-5,13-14H2,1H3,(H,28,29). The highest BCUT2D eigenvalue weighted by Gasteiger charge is 2.30. The Hall–Kier alpha value is -2.83. The smallest absolute Gasteiger partial charge is 0.166 e. The zero-order valence-corrected chi connectivity index (χ0v) is 19.2. The predicted molar refractivity (Wildman–Crippen MR) is 127 cm³/mol. The van der Waals surface area contributed by atoms with Gasteiger partial charge < -0.3 is 9.72 Å². The van der Waals surface area contributed by atoms with Gasteiger partial charge in [0, 0.05) is 34.0 Å². The number of ether oxygens (including phenoxy) is 1. The number of imidazole rings is 1. The monoisotopic (exact) mass is 463 g/mol. The molecule has 2 heterocycles. The lowest BCUT2D eigenvalue weighted by molar-refractivity contribution is 0.0968. The molecule has 32 heavy (non-hydrogen) atoms. The molecule has 1 N–H and O–H groups in total. The first-order valence-corrected chi connectivity index (χ1v) is 11.9. The summed E-state index contributed by atoms with van der Waals surface area (Å²) in [7, 11) is 0. The van der Waals surface area contributed by atoms with E-state index in [1.807, 2.05) is 55.5 Å². The van der Waals surface area contributed by atoms with Gasteiger partial charge in [-0.15, -0.1) is 0 Å². The molecule has 2 aromatic heterocycles. The fourth-order valence-corrected chi connectivity index (χ4v) is 4.56. The molecule has 1 saturated carbocycles. The molecule has 162 valence electrons. The SMILES string of the molecule is Cc1c(OCc2ccc(Cl)cc2)ccnc1CSc1nc2cc(C(=O)C3CC3)ccc2[nH]1. The minimum absolute atomic E-state index is 0.212. The van der Waals surface area contributed by atoms with Crippen LogP contribution >= 0.6 is 23.4 Å². The first-order chi connectivity index (χ1) is 15.6. The highest BCUT2D eigenvalue weighted by atomic mass is 35.5. The van der Waals surface area contributed by atoms with Crippen LogP contribution in [0.25, 0.3) is 11.0 Å². The zero-order chi connectivity index (χ0) is 22.1. The Kier molecular flexibility index (Phi) is 5.89. The Morgan fingerprint density at radius 1 is 1.19 bits per heavy atom. The van der Waals surface area contributed by atoms with Crippen molar-refractivity contribution in [2.75, 3.05) is 0 Å². The highest BCUT2D eigenvalue weighted by molar-refractivity contribution is 7.98. The van der Waals surface area contributed by atoms with Crippen LogP contribution in [-0.2, 0) is 12.4 Å². The Morgan fingerprint density at radius 3 is 2.78 bits per heavy atom. The summed E-state index contributed by atoms with van der Waals surface area (Å²) in [6, 6.07) is 15.3. The molecule has 0 radical (unpaired) electrons. The lowest BCUT2D eigenvalue weighted by Crippen LogP contribution is -2.00. The number of carbonyl (C=O) groups excluding carboxylic acids is 1. The summed E-state index contributed by atoms with van der Waals surface area (Å²) in [5, 5.41) is 1.52. The number of fused-ring (bicyclic) bond motifs is 1. The van der Waals surface area contributed by atoms with Crippen molar-refractivity contribution in [3.8, 4) is 5.75 Å². The lowest BCUT2D eigenvalue weighted by Gasteiger charge is -2.12. The molecule has 7 heteroatoms. The van der Waals surface area contributed by atoms with E-state index in [0.29, 0.717) is 17.4 Å². The van der Waals surface area contributed by atoms with Crippen LogP contribution in [0.4, 0.5) is 0 Å². The van der Waals surface area contributed by atoms with Crippen LogP contribution < -0.4 is 4.74 Å². The molecule has 2 aromatic carbocycles. The quantitative estimate of drug-likeness (QED) is 0.242. The van der Waals surface area contributed by atoms with Crippen molar-refractivity contribution in [2.45, 2.75) is 37.3 Å². The van der Waals surface area contributed by atoms with Gasteiger partial charge in [0.15, 0.2) is 10.9 Å². The van der Waals surface area contributed by atoms with E-state index in [0.717, 1.165) is 57.2 Å². The molecule has 0 unspecified atom stereocenters. The number of aromatic nitrogens is 3. The summed E-state index contributed by atoms with van der Waals surface area (Å²) in [5.41, 5.74) is 5.54. The third-order valence-corrected chi connectivity index (χ3v) is 6.74. The van der Waals surface area contributed by atoms with Crippen molar-refractivity contribution in [2.24, 2.45) is 5.92 Å². The van der Waals surface area contributed by atoms with Crippen LogP contribution in [0.1, 0.15) is 40.0 Å². The fraction of sp³-hybridized carbons (Fsp3) is 0.240. The largest absolute Gasteiger partial charge is 0.489 e. The van der Waals surface area contributed by atoms with Crippen molar-refractivity contribution in [1.29, 1.82) is 0 Å². The number of Topliss-reactive ketones (excluding diaryl/α,β-unsaturated/α-hetero) is 1. The van der Waals surface area contributed by atoms with Crippen LogP contribution in [-0.4, -0.2) is 20.7 Å². The molecular weight excluding hydrogens is 442 g/mol. The van der Waals surface area contributed by atoms with Gasteiger partial charge in [-0.25, -0.2) is 4.98 Å². The van der Waals surface area contributed by atoms with Crippen molar-refractivity contribution in [3.05, 3.63) is 82.1 Å². The average Bonchev–Trinajstić information content (AvgIpc) is 3.57. The number of aromatic amines is 1. The van der Waals surface area contributed by atoms with E-state index in [2.05, 4.69) is 15.0 Å². The van der Waals surface area contributed by atoms with Crippen molar-refractivity contribution < 1.29 is 9.53 Å². The number of ketones is 1. The second kappa shape index (κ2) is 8.96. The van der Waals surface area contributed by atoms with Crippen LogP contribution in [0, 0.1) is 12.8 Å². The number of H-pyrrole nitrogens is 1. The van der Waals surface area contributed by atoms with Crippen molar-refractivity contribution in [1.82, 2.24) is 15.0 Å². The van der Waals surface area contributed by atoms with Crippen LogP contribution in [0.5, 0.6) is 5.75 Å². The van der Waals surface area contributed by atoms with Crippen molar-refractivity contribution in [3.63, 3.8) is 0 Å². The molecule has 1 aliphatic rings. The Morgan fingerprint density at radius 2 is 2.00 bits per heavy atom. The number of hydrogen-bond acceptors (Lipinski definition) is 5. The van der Waals surface area contributed by atoms with Gasteiger partial charge >= 0.3 is 0 Å². The van der Waals surface area contributed by atoms with E-state index in [1.165, 1.54) is 0 Å². The number of benzene rings is 2. The minimum atomic E-state index is 0.212. The molecule has 0 bridgehead atoms. The molecule has 0 atom stereocenters. The number of nitrogens with one attached hydrogen (secondary N) is 1. The second-order valence-electron chi connectivity index (χ2n) is 8.00. The summed E-state index contributed by atoms with van der Waals surface area (Å²) in [6.45, 7) is 2.49. The Balaban J connectivity index is 1.26. The number of carbonyl (C=O) groups is 1. The molecule has 4 aromatic rings. The first-order valence-electron chi connectivity index (χ1n) is 10.6. The van der Waals surface area contributed by atoms with E-state index in [-0.39, 0.29) is 11.7 Å². The summed E-state index contributed by atoms with van der Waals surface area (Å²) in [6.07, 6.45) is 3.79. The van der Waals surface area contributed by atoms with Gasteiger partial charge in [-0.05, 0) is 61.7 Å².